The van der Waals surface area contributed by atoms with Crippen molar-refractivity contribution < 1.29 is 14.3 Å². The first-order valence-corrected chi connectivity index (χ1v) is 10.4. The molecule has 30 heavy (non-hydrogen) atoms. The zero-order chi connectivity index (χ0) is 20.7. The highest BCUT2D eigenvalue weighted by molar-refractivity contribution is 7.19. The molecule has 4 aromatic rings. The molecule has 0 saturated carbocycles. The summed E-state index contributed by atoms with van der Waals surface area (Å²) in [5, 5.41) is 9.59. The van der Waals surface area contributed by atoms with Crippen LogP contribution in [-0.2, 0) is 29.2 Å². The molecule has 0 atom stereocenters. The van der Waals surface area contributed by atoms with Gasteiger partial charge in [-0.2, -0.15) is 0 Å². The lowest BCUT2D eigenvalue weighted by Gasteiger charge is -2.30. The van der Waals surface area contributed by atoms with E-state index in [2.05, 4.69) is 29.1 Å². The number of hydrogen-bond donors (Lipinski definition) is 0. The van der Waals surface area contributed by atoms with Gasteiger partial charge in [-0.3, -0.25) is 0 Å². The summed E-state index contributed by atoms with van der Waals surface area (Å²) in [6.45, 7) is 4.98. The van der Waals surface area contributed by atoms with Crippen LogP contribution >= 0.6 is 11.3 Å². The second-order valence-corrected chi connectivity index (χ2v) is 8.78. The SMILES string of the molecule is COc1ccccc1/C=N\OCc1nc2c3c4c(sc3ncn2n1)COC(C)(C)C4. The summed E-state index contributed by atoms with van der Waals surface area (Å²) in [5.41, 5.74) is 2.69. The summed E-state index contributed by atoms with van der Waals surface area (Å²) in [6.07, 6.45) is 4.14. The first kappa shape index (κ1) is 19.0. The van der Waals surface area contributed by atoms with Crippen LogP contribution in [0.3, 0.4) is 0 Å². The molecule has 0 radical (unpaired) electrons. The third-order valence-corrected chi connectivity index (χ3v) is 6.16. The molecule has 9 heteroatoms. The lowest BCUT2D eigenvalue weighted by molar-refractivity contribution is -0.0379. The summed E-state index contributed by atoms with van der Waals surface area (Å²) in [5.74, 6) is 1.28. The highest BCUT2D eigenvalue weighted by Gasteiger charge is 2.30. The lowest BCUT2D eigenvalue weighted by atomic mass is 9.94. The van der Waals surface area contributed by atoms with Gasteiger partial charge in [0.05, 0.1) is 30.9 Å². The zero-order valence-electron chi connectivity index (χ0n) is 17.0. The van der Waals surface area contributed by atoms with Crippen LogP contribution in [0.25, 0.3) is 15.9 Å². The van der Waals surface area contributed by atoms with E-state index in [-0.39, 0.29) is 12.2 Å². The van der Waals surface area contributed by atoms with Crippen molar-refractivity contribution in [3.63, 3.8) is 0 Å². The van der Waals surface area contributed by atoms with Crippen molar-refractivity contribution in [3.8, 4) is 5.75 Å². The Hall–Kier alpha value is -3.04. The molecule has 0 spiro atoms. The maximum Gasteiger partial charge on any atom is 0.192 e. The van der Waals surface area contributed by atoms with E-state index < -0.39 is 0 Å². The van der Waals surface area contributed by atoms with Crippen LogP contribution in [0.1, 0.15) is 35.7 Å². The standard InChI is InChI=1S/C21H21N5O3S/c1-21(2)8-14-16(10-28-21)30-20-18(14)19-24-17(25-26(19)12-22-20)11-29-23-9-13-6-4-5-7-15(13)27-3/h4-7,9,12H,8,10-11H2,1-3H3/b23-9-. The van der Waals surface area contributed by atoms with Gasteiger partial charge in [0, 0.05) is 16.9 Å². The first-order chi connectivity index (χ1) is 14.5. The van der Waals surface area contributed by atoms with Crippen LogP contribution < -0.4 is 4.74 Å². The van der Waals surface area contributed by atoms with Gasteiger partial charge in [0.25, 0.3) is 0 Å². The summed E-state index contributed by atoms with van der Waals surface area (Å²) in [6, 6.07) is 7.60. The predicted molar refractivity (Wildman–Crippen MR) is 114 cm³/mol. The molecular formula is C21H21N5O3S. The topological polar surface area (TPSA) is 83.1 Å². The highest BCUT2D eigenvalue weighted by Crippen LogP contribution is 2.39. The summed E-state index contributed by atoms with van der Waals surface area (Å²) in [7, 11) is 1.62. The van der Waals surface area contributed by atoms with Crippen molar-refractivity contribution in [2.75, 3.05) is 7.11 Å². The van der Waals surface area contributed by atoms with Crippen molar-refractivity contribution in [2.24, 2.45) is 5.16 Å². The van der Waals surface area contributed by atoms with Gasteiger partial charge in [-0.1, -0.05) is 17.3 Å². The van der Waals surface area contributed by atoms with Crippen molar-refractivity contribution in [2.45, 2.75) is 39.1 Å². The van der Waals surface area contributed by atoms with Crippen LogP contribution in [0.4, 0.5) is 0 Å². The molecule has 3 aromatic heterocycles. The van der Waals surface area contributed by atoms with E-state index in [1.54, 1.807) is 35.5 Å². The Morgan fingerprint density at radius 3 is 3.07 bits per heavy atom. The van der Waals surface area contributed by atoms with Crippen molar-refractivity contribution in [1.29, 1.82) is 0 Å². The van der Waals surface area contributed by atoms with E-state index in [1.165, 1.54) is 10.4 Å². The quantitative estimate of drug-likeness (QED) is 0.359. The number of benzene rings is 1. The minimum Gasteiger partial charge on any atom is -0.496 e. The fourth-order valence-corrected chi connectivity index (χ4v) is 4.67. The number of fused-ring (bicyclic) bond motifs is 5. The Bertz CT molecular complexity index is 1260. The Kier molecular flexibility index (Phi) is 4.63. The number of ether oxygens (including phenoxy) is 2. The average Bonchev–Trinajstić information content (AvgIpc) is 3.31. The van der Waals surface area contributed by atoms with Crippen LogP contribution in [0.2, 0.25) is 0 Å². The fourth-order valence-electron chi connectivity index (χ4n) is 3.61. The van der Waals surface area contributed by atoms with Gasteiger partial charge in [-0.05, 0) is 31.5 Å². The molecule has 1 aliphatic rings. The van der Waals surface area contributed by atoms with Crippen molar-refractivity contribution in [1.82, 2.24) is 19.6 Å². The molecular weight excluding hydrogens is 402 g/mol. The lowest BCUT2D eigenvalue weighted by Crippen LogP contribution is -2.31. The molecule has 0 amide bonds. The van der Waals surface area contributed by atoms with Gasteiger partial charge < -0.3 is 14.3 Å². The van der Waals surface area contributed by atoms with Gasteiger partial charge in [-0.25, -0.2) is 14.5 Å². The highest BCUT2D eigenvalue weighted by atomic mass is 32.1. The maximum absolute atomic E-state index is 5.95. The molecule has 5 rings (SSSR count). The molecule has 4 heterocycles. The van der Waals surface area contributed by atoms with E-state index in [1.807, 2.05) is 24.3 Å². The number of nitrogens with zero attached hydrogens (tertiary/aromatic N) is 5. The van der Waals surface area contributed by atoms with Crippen LogP contribution in [0, 0.1) is 0 Å². The first-order valence-electron chi connectivity index (χ1n) is 9.61. The normalized spacial score (nSPS) is 15.7. The Balaban J connectivity index is 1.41. The van der Waals surface area contributed by atoms with E-state index in [0.29, 0.717) is 12.4 Å². The number of rotatable bonds is 5. The second-order valence-electron chi connectivity index (χ2n) is 7.70. The fraction of sp³-hybridized carbons (Fsp3) is 0.333. The van der Waals surface area contributed by atoms with Gasteiger partial charge in [0.2, 0.25) is 0 Å². The molecule has 154 valence electrons. The molecule has 0 fully saturated rings. The summed E-state index contributed by atoms with van der Waals surface area (Å²) >= 11 is 1.66. The molecule has 0 saturated heterocycles. The Morgan fingerprint density at radius 2 is 2.20 bits per heavy atom. The number of oxime groups is 1. The van der Waals surface area contributed by atoms with E-state index in [4.69, 9.17) is 19.3 Å². The van der Waals surface area contributed by atoms with Crippen molar-refractivity contribution >= 4 is 33.4 Å². The molecule has 0 unspecified atom stereocenters. The third-order valence-electron chi connectivity index (χ3n) is 5.05. The Labute approximate surface area is 177 Å². The van der Waals surface area contributed by atoms with Gasteiger partial charge in [-0.15, -0.1) is 16.4 Å². The third kappa shape index (κ3) is 3.40. The molecule has 0 bridgehead atoms. The number of para-hydroxylation sites is 1. The maximum atomic E-state index is 5.95. The van der Waals surface area contributed by atoms with Crippen LogP contribution in [0.5, 0.6) is 5.75 Å². The van der Waals surface area contributed by atoms with Crippen molar-refractivity contribution in [3.05, 3.63) is 52.4 Å². The summed E-state index contributed by atoms with van der Waals surface area (Å²) in [4.78, 5) is 16.9. The zero-order valence-corrected chi connectivity index (χ0v) is 17.8. The second kappa shape index (κ2) is 7.33. The average molecular weight is 423 g/mol. The largest absolute Gasteiger partial charge is 0.496 e. The van der Waals surface area contributed by atoms with E-state index in [0.717, 1.165) is 33.6 Å². The molecule has 0 N–H and O–H groups in total. The van der Waals surface area contributed by atoms with Gasteiger partial charge >= 0.3 is 0 Å². The predicted octanol–water partition coefficient (Wildman–Crippen LogP) is 3.75. The Morgan fingerprint density at radius 1 is 1.33 bits per heavy atom. The van der Waals surface area contributed by atoms with Gasteiger partial charge in [0.1, 0.15) is 16.9 Å². The number of thiophene rings is 1. The number of hydrogen-bond acceptors (Lipinski definition) is 8. The summed E-state index contributed by atoms with van der Waals surface area (Å²) < 4.78 is 13.0. The van der Waals surface area contributed by atoms with Crippen LogP contribution in [0.15, 0.2) is 35.7 Å². The number of aromatic nitrogens is 4. The molecule has 1 aliphatic heterocycles. The van der Waals surface area contributed by atoms with E-state index in [9.17, 15) is 0 Å². The minimum atomic E-state index is -0.201. The molecule has 1 aromatic carbocycles. The van der Waals surface area contributed by atoms with Crippen LogP contribution in [-0.4, -0.2) is 38.5 Å². The number of methoxy groups -OCH3 is 1. The molecule has 0 aliphatic carbocycles. The van der Waals surface area contributed by atoms with Gasteiger partial charge in [0.15, 0.2) is 18.1 Å². The van der Waals surface area contributed by atoms with E-state index >= 15 is 0 Å². The monoisotopic (exact) mass is 423 g/mol. The smallest absolute Gasteiger partial charge is 0.192 e. The minimum absolute atomic E-state index is 0.162. The molecule has 8 nitrogen and oxygen atoms in total.